The first-order valence-corrected chi connectivity index (χ1v) is 8.90. The minimum Gasteiger partial charge on any atom is -0.376 e. The van der Waals surface area contributed by atoms with E-state index in [2.05, 4.69) is 15.1 Å². The number of hydrogen-bond acceptors (Lipinski definition) is 6. The van der Waals surface area contributed by atoms with Crippen molar-refractivity contribution in [1.82, 2.24) is 24.6 Å². The highest BCUT2D eigenvalue weighted by Crippen LogP contribution is 2.26. The van der Waals surface area contributed by atoms with E-state index < -0.39 is 0 Å². The molecule has 0 bridgehead atoms. The number of nitrogens with zero attached hydrogens (tertiary/aromatic N) is 5. The van der Waals surface area contributed by atoms with Gasteiger partial charge in [0.15, 0.2) is 5.82 Å². The molecule has 2 aromatic heterocycles. The third-order valence-electron chi connectivity index (χ3n) is 4.51. The SMILES string of the molecule is Cn1cnc(C(=O)N2CC(c3nc(CCOCc4ccccc4)no3)C2)c1. The highest BCUT2D eigenvalue weighted by atomic mass is 16.5. The van der Waals surface area contributed by atoms with Gasteiger partial charge in [0.2, 0.25) is 5.89 Å². The normalized spacial score (nSPS) is 14.3. The zero-order valence-corrected chi connectivity index (χ0v) is 15.1. The quantitative estimate of drug-likeness (QED) is 0.592. The minimum absolute atomic E-state index is 0.0686. The lowest BCUT2D eigenvalue weighted by atomic mass is 10.00. The van der Waals surface area contributed by atoms with Crippen LogP contribution in [-0.4, -0.2) is 50.2 Å². The van der Waals surface area contributed by atoms with Crippen molar-refractivity contribution in [1.29, 1.82) is 0 Å². The molecule has 0 unspecified atom stereocenters. The van der Waals surface area contributed by atoms with Crippen LogP contribution >= 0.6 is 0 Å². The number of hydrogen-bond donors (Lipinski definition) is 0. The number of aromatic nitrogens is 4. The van der Waals surface area contributed by atoms with Crippen LogP contribution in [0, 0.1) is 0 Å². The van der Waals surface area contributed by atoms with Crippen LogP contribution in [0.5, 0.6) is 0 Å². The molecule has 8 heteroatoms. The number of aryl methyl sites for hydroxylation is 1. The Balaban J connectivity index is 1.21. The zero-order chi connectivity index (χ0) is 18.6. The number of imidazole rings is 1. The Morgan fingerprint density at radius 3 is 2.85 bits per heavy atom. The van der Waals surface area contributed by atoms with Gasteiger partial charge in [-0.05, 0) is 5.56 Å². The minimum atomic E-state index is -0.0686. The first kappa shape index (κ1) is 17.4. The Kier molecular flexibility index (Phi) is 4.97. The van der Waals surface area contributed by atoms with Crippen molar-refractivity contribution in [2.24, 2.45) is 7.05 Å². The van der Waals surface area contributed by atoms with E-state index in [0.29, 0.717) is 50.1 Å². The zero-order valence-electron chi connectivity index (χ0n) is 15.1. The number of carbonyl (C=O) groups excluding carboxylic acids is 1. The van der Waals surface area contributed by atoms with Crippen molar-refractivity contribution in [2.45, 2.75) is 18.9 Å². The van der Waals surface area contributed by atoms with Crippen molar-refractivity contribution in [3.8, 4) is 0 Å². The second-order valence-electron chi connectivity index (χ2n) is 6.67. The van der Waals surface area contributed by atoms with Gasteiger partial charge in [0, 0.05) is 32.8 Å². The Morgan fingerprint density at radius 1 is 1.30 bits per heavy atom. The van der Waals surface area contributed by atoms with E-state index in [0.717, 1.165) is 5.56 Å². The van der Waals surface area contributed by atoms with Crippen molar-refractivity contribution in [3.63, 3.8) is 0 Å². The molecule has 4 rings (SSSR count). The second kappa shape index (κ2) is 7.71. The summed E-state index contributed by atoms with van der Waals surface area (Å²) in [5.41, 5.74) is 1.59. The number of likely N-dealkylation sites (tertiary alicyclic amines) is 1. The standard InChI is InChI=1S/C19H21N5O3/c1-23-11-16(20-13-23)19(25)24-9-15(10-24)18-21-17(22-27-18)7-8-26-12-14-5-3-2-4-6-14/h2-6,11,13,15H,7-10,12H2,1H3. The molecule has 0 saturated carbocycles. The summed E-state index contributed by atoms with van der Waals surface area (Å²) in [6.07, 6.45) is 3.93. The summed E-state index contributed by atoms with van der Waals surface area (Å²) in [5, 5.41) is 4.01. The fourth-order valence-corrected chi connectivity index (χ4v) is 2.95. The highest BCUT2D eigenvalue weighted by Gasteiger charge is 2.36. The summed E-state index contributed by atoms with van der Waals surface area (Å²) >= 11 is 0. The number of amides is 1. The first-order valence-electron chi connectivity index (χ1n) is 8.90. The molecule has 1 saturated heterocycles. The summed E-state index contributed by atoms with van der Waals surface area (Å²) in [7, 11) is 1.84. The predicted octanol–water partition coefficient (Wildman–Crippen LogP) is 1.80. The molecule has 27 heavy (non-hydrogen) atoms. The number of carbonyl (C=O) groups is 1. The van der Waals surface area contributed by atoms with Crippen LogP contribution in [0.3, 0.4) is 0 Å². The van der Waals surface area contributed by atoms with Gasteiger partial charge in [0.05, 0.1) is 25.5 Å². The maximum atomic E-state index is 12.3. The van der Waals surface area contributed by atoms with E-state index in [1.54, 1.807) is 22.0 Å². The highest BCUT2D eigenvalue weighted by molar-refractivity contribution is 5.92. The summed E-state index contributed by atoms with van der Waals surface area (Å²) in [6, 6.07) is 10.0. The molecule has 1 amide bonds. The molecule has 140 valence electrons. The van der Waals surface area contributed by atoms with Gasteiger partial charge in [-0.25, -0.2) is 4.98 Å². The van der Waals surface area contributed by atoms with Gasteiger partial charge in [-0.3, -0.25) is 4.79 Å². The van der Waals surface area contributed by atoms with Gasteiger partial charge in [-0.15, -0.1) is 0 Å². The smallest absolute Gasteiger partial charge is 0.274 e. The maximum absolute atomic E-state index is 12.3. The fourth-order valence-electron chi connectivity index (χ4n) is 2.95. The van der Waals surface area contributed by atoms with E-state index in [4.69, 9.17) is 9.26 Å². The second-order valence-corrected chi connectivity index (χ2v) is 6.67. The van der Waals surface area contributed by atoms with E-state index in [1.807, 2.05) is 37.4 Å². The molecule has 0 radical (unpaired) electrons. The Bertz CT molecular complexity index is 899. The number of ether oxygens (including phenoxy) is 1. The monoisotopic (exact) mass is 367 g/mol. The average Bonchev–Trinajstić information content (AvgIpc) is 3.28. The van der Waals surface area contributed by atoms with Crippen LogP contribution in [-0.2, 0) is 24.8 Å². The third kappa shape index (κ3) is 4.06. The Labute approximate surface area is 156 Å². The lowest BCUT2D eigenvalue weighted by Gasteiger charge is -2.36. The summed E-state index contributed by atoms with van der Waals surface area (Å²) in [6.45, 7) is 2.24. The molecule has 1 aromatic carbocycles. The third-order valence-corrected chi connectivity index (χ3v) is 4.51. The van der Waals surface area contributed by atoms with Crippen molar-refractivity contribution >= 4 is 5.91 Å². The molecule has 1 aliphatic rings. The Hall–Kier alpha value is -3.00. The molecule has 1 fully saturated rings. The molecule has 0 aliphatic carbocycles. The summed E-state index contributed by atoms with van der Waals surface area (Å²) < 4.78 is 12.8. The van der Waals surface area contributed by atoms with Gasteiger partial charge in [-0.2, -0.15) is 4.98 Å². The number of rotatable bonds is 7. The van der Waals surface area contributed by atoms with Crippen LogP contribution in [0.1, 0.15) is 33.7 Å². The molecule has 3 heterocycles. The lowest BCUT2D eigenvalue weighted by molar-refractivity contribution is 0.0563. The van der Waals surface area contributed by atoms with E-state index in [9.17, 15) is 4.79 Å². The van der Waals surface area contributed by atoms with Crippen molar-refractivity contribution in [2.75, 3.05) is 19.7 Å². The van der Waals surface area contributed by atoms with Gasteiger partial charge in [0.1, 0.15) is 5.69 Å². The van der Waals surface area contributed by atoms with Crippen LogP contribution in [0.25, 0.3) is 0 Å². The summed E-state index contributed by atoms with van der Waals surface area (Å²) in [4.78, 5) is 22.5. The van der Waals surface area contributed by atoms with E-state index in [1.165, 1.54) is 0 Å². The van der Waals surface area contributed by atoms with Crippen molar-refractivity contribution in [3.05, 3.63) is 65.8 Å². The molecule has 1 aliphatic heterocycles. The molecule has 3 aromatic rings. The van der Waals surface area contributed by atoms with E-state index >= 15 is 0 Å². The molecule has 8 nitrogen and oxygen atoms in total. The predicted molar refractivity (Wildman–Crippen MR) is 96.0 cm³/mol. The maximum Gasteiger partial charge on any atom is 0.274 e. The molecule has 0 spiro atoms. The molecule has 0 N–H and O–H groups in total. The topological polar surface area (TPSA) is 86.3 Å². The Morgan fingerprint density at radius 2 is 2.11 bits per heavy atom. The first-order chi connectivity index (χ1) is 13.2. The van der Waals surface area contributed by atoms with E-state index in [-0.39, 0.29) is 11.8 Å². The number of benzene rings is 1. The largest absolute Gasteiger partial charge is 0.376 e. The van der Waals surface area contributed by atoms with Gasteiger partial charge >= 0.3 is 0 Å². The summed E-state index contributed by atoms with van der Waals surface area (Å²) in [5.74, 6) is 1.23. The van der Waals surface area contributed by atoms with Crippen LogP contribution in [0.4, 0.5) is 0 Å². The van der Waals surface area contributed by atoms with Crippen molar-refractivity contribution < 1.29 is 14.1 Å². The molecular formula is C19H21N5O3. The van der Waals surface area contributed by atoms with Crippen LogP contribution < -0.4 is 0 Å². The average molecular weight is 367 g/mol. The van der Waals surface area contributed by atoms with Crippen LogP contribution in [0.15, 0.2) is 47.4 Å². The van der Waals surface area contributed by atoms with Crippen LogP contribution in [0.2, 0.25) is 0 Å². The molecular weight excluding hydrogens is 346 g/mol. The fraction of sp³-hybridized carbons (Fsp3) is 0.368. The lowest BCUT2D eigenvalue weighted by Crippen LogP contribution is -2.48. The molecule has 0 atom stereocenters. The van der Waals surface area contributed by atoms with Gasteiger partial charge in [-0.1, -0.05) is 35.5 Å². The van der Waals surface area contributed by atoms with Gasteiger partial charge in [0.25, 0.3) is 5.91 Å². The van der Waals surface area contributed by atoms with Gasteiger partial charge < -0.3 is 18.7 Å².